The van der Waals surface area contributed by atoms with E-state index in [1.807, 2.05) is 0 Å². The normalized spacial score (nSPS) is 37.6. The molecule has 0 aromatic carbocycles. The van der Waals surface area contributed by atoms with Gasteiger partial charge in [-0.3, -0.25) is 0 Å². The summed E-state index contributed by atoms with van der Waals surface area (Å²) in [5.74, 6) is 0. The van der Waals surface area contributed by atoms with Crippen LogP contribution in [0.15, 0.2) is 0 Å². The van der Waals surface area contributed by atoms with Gasteiger partial charge in [-0.2, -0.15) is 0 Å². The molecule has 8 nitrogen and oxygen atoms in total. The van der Waals surface area contributed by atoms with Crippen LogP contribution in [0.1, 0.15) is 6.92 Å². The third-order valence-corrected chi connectivity index (χ3v) is 2.46. The summed E-state index contributed by atoms with van der Waals surface area (Å²) in [6.45, 7) is 1.18. The predicted molar refractivity (Wildman–Crippen MR) is 53.9 cm³/mol. The lowest BCUT2D eigenvalue weighted by Gasteiger charge is -2.39. The summed E-state index contributed by atoms with van der Waals surface area (Å²) < 4.78 is 9.41. The Bertz CT molecular complexity index is 262. The molecule has 5 atom stereocenters. The monoisotopic (exact) mass is 251 g/mol. The molecule has 1 heterocycles. The Balaban J connectivity index is 2.63. The highest BCUT2D eigenvalue weighted by Crippen LogP contribution is 2.19. The van der Waals surface area contributed by atoms with E-state index in [1.54, 1.807) is 6.92 Å². The molecule has 17 heavy (non-hydrogen) atoms. The van der Waals surface area contributed by atoms with Gasteiger partial charge in [0.2, 0.25) is 0 Å². The predicted octanol–water partition coefficient (Wildman–Crippen LogP) is -2.47. The summed E-state index contributed by atoms with van der Waals surface area (Å²) in [5.41, 5.74) is 0. The maximum atomic E-state index is 11.1. The molecule has 0 saturated carbocycles. The second-order valence-electron chi connectivity index (χ2n) is 3.62. The minimum atomic E-state index is -1.53. The lowest BCUT2D eigenvalue weighted by atomic mass is 9.97. The van der Waals surface area contributed by atoms with Crippen LogP contribution in [0.4, 0.5) is 4.79 Å². The van der Waals surface area contributed by atoms with E-state index in [-0.39, 0.29) is 6.61 Å². The average molecular weight is 251 g/mol. The van der Waals surface area contributed by atoms with Crippen LogP contribution in [0.25, 0.3) is 0 Å². The third kappa shape index (κ3) is 3.27. The van der Waals surface area contributed by atoms with Gasteiger partial charge < -0.3 is 35.2 Å². The highest BCUT2D eigenvalue weighted by molar-refractivity contribution is 5.67. The molecule has 1 fully saturated rings. The fourth-order valence-electron chi connectivity index (χ4n) is 1.56. The van der Waals surface area contributed by atoms with Gasteiger partial charge in [0.1, 0.15) is 24.4 Å². The van der Waals surface area contributed by atoms with E-state index in [1.165, 1.54) is 0 Å². The molecular formula is C9H17NO7. The van der Waals surface area contributed by atoms with Crippen LogP contribution in [-0.4, -0.2) is 70.4 Å². The lowest BCUT2D eigenvalue weighted by molar-refractivity contribution is -0.253. The number of amides is 1. The second kappa shape index (κ2) is 6.12. The number of hydrogen-bond donors (Lipinski definition) is 5. The molecule has 1 aliphatic heterocycles. The number of ether oxygens (including phenoxy) is 2. The zero-order valence-electron chi connectivity index (χ0n) is 9.31. The number of rotatable bonds is 3. The molecule has 1 aliphatic rings. The molecule has 0 aromatic heterocycles. The Morgan fingerprint density at radius 3 is 2.53 bits per heavy atom. The molecule has 5 N–H and O–H groups in total. The van der Waals surface area contributed by atoms with Gasteiger partial charge in [0.15, 0.2) is 6.29 Å². The summed E-state index contributed by atoms with van der Waals surface area (Å²) in [7, 11) is 0. The Hall–Kier alpha value is -0.930. The van der Waals surface area contributed by atoms with E-state index in [2.05, 4.69) is 10.1 Å². The fourth-order valence-corrected chi connectivity index (χ4v) is 1.56. The molecule has 1 rings (SSSR count). The van der Waals surface area contributed by atoms with Crippen LogP contribution in [0.2, 0.25) is 0 Å². The van der Waals surface area contributed by atoms with Gasteiger partial charge in [0, 0.05) is 0 Å². The number of hydrogen-bond acceptors (Lipinski definition) is 7. The molecule has 0 bridgehead atoms. The van der Waals surface area contributed by atoms with Crippen molar-refractivity contribution in [1.82, 2.24) is 5.32 Å². The van der Waals surface area contributed by atoms with Crippen LogP contribution in [-0.2, 0) is 9.47 Å². The SMILES string of the molecule is CCOC(=O)N[C@@H]1[C@@H](O)[C@H](O)[C@@H](CO)O[C@H]1O. The van der Waals surface area contributed by atoms with Crippen LogP contribution in [0, 0.1) is 0 Å². The summed E-state index contributed by atoms with van der Waals surface area (Å²) in [6.07, 6.45) is -6.33. The van der Waals surface area contributed by atoms with E-state index in [0.29, 0.717) is 0 Å². The van der Waals surface area contributed by atoms with Crippen LogP contribution in [0.3, 0.4) is 0 Å². The van der Waals surface area contributed by atoms with Crippen LogP contribution >= 0.6 is 0 Å². The van der Waals surface area contributed by atoms with E-state index in [4.69, 9.17) is 9.84 Å². The fraction of sp³-hybridized carbons (Fsp3) is 0.889. The molecule has 0 aromatic rings. The van der Waals surface area contributed by atoms with Crippen molar-refractivity contribution < 1.29 is 34.7 Å². The van der Waals surface area contributed by atoms with Crippen molar-refractivity contribution in [1.29, 1.82) is 0 Å². The summed E-state index contributed by atoms with van der Waals surface area (Å²) in [6, 6.07) is -1.22. The second-order valence-corrected chi connectivity index (χ2v) is 3.62. The smallest absolute Gasteiger partial charge is 0.407 e. The Morgan fingerprint density at radius 1 is 1.35 bits per heavy atom. The molecule has 0 unspecified atom stereocenters. The maximum absolute atomic E-state index is 11.1. The molecule has 0 spiro atoms. The number of carbonyl (C=O) groups is 1. The number of aliphatic hydroxyl groups excluding tert-OH is 4. The van der Waals surface area contributed by atoms with Crippen molar-refractivity contribution in [2.24, 2.45) is 0 Å². The molecular weight excluding hydrogens is 234 g/mol. The quantitative estimate of drug-likeness (QED) is 0.376. The highest BCUT2D eigenvalue weighted by Gasteiger charge is 2.44. The van der Waals surface area contributed by atoms with Crippen LogP contribution in [0.5, 0.6) is 0 Å². The molecule has 100 valence electrons. The average Bonchev–Trinajstić information content (AvgIpc) is 2.29. The van der Waals surface area contributed by atoms with Crippen LogP contribution < -0.4 is 5.32 Å². The highest BCUT2D eigenvalue weighted by atomic mass is 16.6. The standard InChI is InChI=1S/C9H17NO7/c1-2-16-9(15)10-5-7(13)6(12)4(3-11)17-8(5)14/h4-8,11-14H,2-3H2,1H3,(H,10,15)/t4-,5-,6-,7-,8-/m1/s1. The van der Waals surface area contributed by atoms with Crippen molar-refractivity contribution in [3.05, 3.63) is 0 Å². The first-order valence-corrected chi connectivity index (χ1v) is 5.25. The molecule has 1 saturated heterocycles. The van der Waals surface area contributed by atoms with E-state index < -0.39 is 43.3 Å². The first kappa shape index (κ1) is 14.1. The minimum absolute atomic E-state index is 0.132. The summed E-state index contributed by atoms with van der Waals surface area (Å²) in [4.78, 5) is 11.1. The van der Waals surface area contributed by atoms with Crippen molar-refractivity contribution in [2.45, 2.75) is 37.6 Å². The molecule has 0 aliphatic carbocycles. The first-order valence-electron chi connectivity index (χ1n) is 5.25. The van der Waals surface area contributed by atoms with Crippen molar-refractivity contribution in [3.63, 3.8) is 0 Å². The third-order valence-electron chi connectivity index (χ3n) is 2.46. The lowest BCUT2D eigenvalue weighted by Crippen LogP contribution is -2.64. The van der Waals surface area contributed by atoms with E-state index >= 15 is 0 Å². The van der Waals surface area contributed by atoms with E-state index in [9.17, 15) is 20.1 Å². The maximum Gasteiger partial charge on any atom is 0.407 e. The molecule has 8 heteroatoms. The van der Waals surface area contributed by atoms with Gasteiger partial charge in [-0.1, -0.05) is 0 Å². The van der Waals surface area contributed by atoms with Crippen molar-refractivity contribution >= 4 is 6.09 Å². The zero-order chi connectivity index (χ0) is 13.0. The minimum Gasteiger partial charge on any atom is -0.450 e. The van der Waals surface area contributed by atoms with Gasteiger partial charge in [-0.05, 0) is 6.92 Å². The van der Waals surface area contributed by atoms with E-state index in [0.717, 1.165) is 0 Å². The zero-order valence-corrected chi connectivity index (χ0v) is 9.31. The molecule has 1 amide bonds. The number of aliphatic hydroxyl groups is 4. The van der Waals surface area contributed by atoms with Crippen molar-refractivity contribution in [2.75, 3.05) is 13.2 Å². The Morgan fingerprint density at radius 2 is 2.00 bits per heavy atom. The van der Waals surface area contributed by atoms with Crippen molar-refractivity contribution in [3.8, 4) is 0 Å². The van der Waals surface area contributed by atoms with Gasteiger partial charge in [-0.15, -0.1) is 0 Å². The Kier molecular flexibility index (Phi) is 5.09. The van der Waals surface area contributed by atoms with Gasteiger partial charge in [0.05, 0.1) is 13.2 Å². The summed E-state index contributed by atoms with van der Waals surface area (Å²) in [5, 5.41) is 39.7. The number of alkyl carbamates (subject to hydrolysis) is 1. The number of carbonyl (C=O) groups excluding carboxylic acids is 1. The van der Waals surface area contributed by atoms with Gasteiger partial charge in [-0.25, -0.2) is 4.79 Å². The summed E-state index contributed by atoms with van der Waals surface area (Å²) >= 11 is 0. The Labute approximate surface area is 97.8 Å². The van der Waals surface area contributed by atoms with Gasteiger partial charge in [0.25, 0.3) is 0 Å². The number of nitrogens with one attached hydrogen (secondary N) is 1. The van der Waals surface area contributed by atoms with Gasteiger partial charge >= 0.3 is 6.09 Å². The topological polar surface area (TPSA) is 128 Å². The molecule has 0 radical (unpaired) electrons. The largest absolute Gasteiger partial charge is 0.450 e. The first-order chi connectivity index (χ1) is 8.01.